The molecule has 1 aliphatic heterocycles. The Hall–Kier alpha value is -2.14. The number of ether oxygens (including phenoxy) is 1. The summed E-state index contributed by atoms with van der Waals surface area (Å²) in [6.45, 7) is 7.19. The largest absolute Gasteiger partial charge is 0.373 e. The minimum Gasteiger partial charge on any atom is -0.373 e. The summed E-state index contributed by atoms with van der Waals surface area (Å²) in [6.07, 6.45) is 2.45. The first-order chi connectivity index (χ1) is 12.0. The number of carbonyl (C=O) groups excluding carboxylic acids is 1. The van der Waals surface area contributed by atoms with Gasteiger partial charge in [0.15, 0.2) is 0 Å². The van der Waals surface area contributed by atoms with Gasteiger partial charge in [0, 0.05) is 24.6 Å². The Morgan fingerprint density at radius 1 is 1.24 bits per heavy atom. The van der Waals surface area contributed by atoms with Crippen molar-refractivity contribution in [1.82, 2.24) is 10.5 Å². The Balaban J connectivity index is 1.60. The molecule has 2 atom stereocenters. The maximum atomic E-state index is 12.3. The Bertz CT molecular complexity index is 702. The van der Waals surface area contributed by atoms with Crippen LogP contribution in [0.2, 0.25) is 0 Å². The second-order valence-corrected chi connectivity index (χ2v) is 6.89. The number of benzene rings is 1. The van der Waals surface area contributed by atoms with Gasteiger partial charge in [-0.1, -0.05) is 35.0 Å². The first kappa shape index (κ1) is 17.7. The van der Waals surface area contributed by atoms with E-state index in [1.54, 1.807) is 0 Å². The highest BCUT2D eigenvalue weighted by Gasteiger charge is 2.28. The van der Waals surface area contributed by atoms with E-state index in [2.05, 4.69) is 41.7 Å². The van der Waals surface area contributed by atoms with Crippen molar-refractivity contribution >= 4 is 5.91 Å². The van der Waals surface area contributed by atoms with Crippen molar-refractivity contribution in [2.45, 2.75) is 46.1 Å². The zero-order valence-corrected chi connectivity index (χ0v) is 15.2. The molecule has 1 amide bonds. The van der Waals surface area contributed by atoms with Crippen LogP contribution in [0.25, 0.3) is 0 Å². The molecule has 0 aliphatic carbocycles. The number of amides is 1. The fourth-order valence-corrected chi connectivity index (χ4v) is 3.40. The summed E-state index contributed by atoms with van der Waals surface area (Å²) < 4.78 is 11.1. The molecular formula is C20H26N2O3. The summed E-state index contributed by atoms with van der Waals surface area (Å²) in [7, 11) is 0. The molecule has 1 fully saturated rings. The smallest absolute Gasteiger partial charge is 0.224 e. The van der Waals surface area contributed by atoms with Crippen LogP contribution in [0, 0.1) is 26.7 Å². The van der Waals surface area contributed by atoms with Gasteiger partial charge in [-0.2, -0.15) is 0 Å². The molecule has 2 aromatic rings. The number of aromatic nitrogens is 1. The van der Waals surface area contributed by atoms with E-state index in [-0.39, 0.29) is 12.0 Å². The van der Waals surface area contributed by atoms with Crippen molar-refractivity contribution in [2.24, 2.45) is 5.92 Å². The molecule has 25 heavy (non-hydrogen) atoms. The molecule has 0 spiro atoms. The van der Waals surface area contributed by atoms with E-state index in [1.165, 1.54) is 11.1 Å². The van der Waals surface area contributed by atoms with Gasteiger partial charge in [-0.05, 0) is 39.2 Å². The van der Waals surface area contributed by atoms with Gasteiger partial charge in [0.25, 0.3) is 0 Å². The van der Waals surface area contributed by atoms with Crippen molar-refractivity contribution in [3.63, 3.8) is 0 Å². The van der Waals surface area contributed by atoms with Crippen LogP contribution in [0.3, 0.4) is 0 Å². The van der Waals surface area contributed by atoms with Gasteiger partial charge in [0.05, 0.1) is 18.2 Å². The third-order valence-corrected chi connectivity index (χ3v) is 4.93. The normalized spacial score (nSPS) is 20.4. The van der Waals surface area contributed by atoms with Gasteiger partial charge in [-0.15, -0.1) is 0 Å². The van der Waals surface area contributed by atoms with E-state index in [9.17, 15) is 4.79 Å². The summed E-state index contributed by atoms with van der Waals surface area (Å²) in [5.41, 5.74) is 4.10. The van der Waals surface area contributed by atoms with E-state index >= 15 is 0 Å². The first-order valence-corrected chi connectivity index (χ1v) is 8.91. The molecule has 1 aromatic carbocycles. The van der Waals surface area contributed by atoms with Gasteiger partial charge in [-0.3, -0.25) is 4.79 Å². The Morgan fingerprint density at radius 2 is 2.00 bits per heavy atom. The highest BCUT2D eigenvalue weighted by molar-refractivity contribution is 5.79. The Labute approximate surface area is 148 Å². The van der Waals surface area contributed by atoms with Crippen LogP contribution >= 0.6 is 0 Å². The molecule has 5 heteroatoms. The minimum atomic E-state index is 0.00243. The van der Waals surface area contributed by atoms with Gasteiger partial charge in [0.2, 0.25) is 5.91 Å². The predicted octanol–water partition coefficient (Wildman–Crippen LogP) is 3.43. The standard InChI is InChI=1S/C20H26N2O3/c1-13-6-8-16(9-7-13)20-17(5-4-10-24-20)12-21-19(23)11-18-14(2)22-25-15(18)3/h6-9,17,20H,4-5,10-12H2,1-3H3,(H,21,23). The van der Waals surface area contributed by atoms with E-state index < -0.39 is 0 Å². The second kappa shape index (κ2) is 7.83. The highest BCUT2D eigenvalue weighted by atomic mass is 16.5. The molecule has 1 aliphatic rings. The average molecular weight is 342 g/mol. The van der Waals surface area contributed by atoms with E-state index in [0.29, 0.717) is 24.6 Å². The van der Waals surface area contributed by atoms with Gasteiger partial charge >= 0.3 is 0 Å². The molecule has 3 rings (SSSR count). The molecule has 5 nitrogen and oxygen atoms in total. The van der Waals surface area contributed by atoms with Crippen LogP contribution in [0.5, 0.6) is 0 Å². The van der Waals surface area contributed by atoms with Crippen molar-refractivity contribution in [3.8, 4) is 0 Å². The van der Waals surface area contributed by atoms with Crippen molar-refractivity contribution in [2.75, 3.05) is 13.2 Å². The van der Waals surface area contributed by atoms with Crippen LogP contribution in [0.15, 0.2) is 28.8 Å². The third-order valence-electron chi connectivity index (χ3n) is 4.93. The quantitative estimate of drug-likeness (QED) is 0.904. The summed E-state index contributed by atoms with van der Waals surface area (Å²) in [5.74, 6) is 1.01. The van der Waals surface area contributed by atoms with Crippen molar-refractivity contribution in [1.29, 1.82) is 0 Å². The van der Waals surface area contributed by atoms with E-state index in [0.717, 1.165) is 30.7 Å². The summed E-state index contributed by atoms with van der Waals surface area (Å²) in [4.78, 5) is 12.3. The molecule has 2 unspecified atom stereocenters. The van der Waals surface area contributed by atoms with Gasteiger partial charge < -0.3 is 14.6 Å². The highest BCUT2D eigenvalue weighted by Crippen LogP contribution is 2.33. The zero-order valence-electron chi connectivity index (χ0n) is 15.2. The lowest BCUT2D eigenvalue weighted by Crippen LogP contribution is -2.35. The lowest BCUT2D eigenvalue weighted by molar-refractivity contribution is -0.121. The number of nitrogens with one attached hydrogen (secondary N) is 1. The Kier molecular flexibility index (Phi) is 5.53. The number of hydrogen-bond donors (Lipinski definition) is 1. The van der Waals surface area contributed by atoms with E-state index in [4.69, 9.17) is 9.26 Å². The number of hydrogen-bond acceptors (Lipinski definition) is 4. The molecular weight excluding hydrogens is 316 g/mol. The minimum absolute atomic E-state index is 0.00243. The molecule has 1 N–H and O–H groups in total. The lowest BCUT2D eigenvalue weighted by atomic mass is 9.89. The number of rotatable bonds is 5. The number of carbonyl (C=O) groups is 1. The van der Waals surface area contributed by atoms with Crippen LogP contribution in [-0.4, -0.2) is 24.2 Å². The maximum Gasteiger partial charge on any atom is 0.224 e. The van der Waals surface area contributed by atoms with Gasteiger partial charge in [-0.25, -0.2) is 0 Å². The third kappa shape index (κ3) is 4.28. The molecule has 0 radical (unpaired) electrons. The topological polar surface area (TPSA) is 64.4 Å². The molecule has 1 aromatic heterocycles. The summed E-state index contributed by atoms with van der Waals surface area (Å²) in [6, 6.07) is 8.48. The SMILES string of the molecule is Cc1ccc(C2OCCCC2CNC(=O)Cc2c(C)noc2C)cc1. The van der Waals surface area contributed by atoms with Crippen molar-refractivity contribution < 1.29 is 14.1 Å². The Morgan fingerprint density at radius 3 is 2.68 bits per heavy atom. The second-order valence-electron chi connectivity index (χ2n) is 6.89. The predicted molar refractivity (Wildman–Crippen MR) is 95.3 cm³/mol. The number of nitrogens with zero attached hydrogens (tertiary/aromatic N) is 1. The zero-order chi connectivity index (χ0) is 17.8. The first-order valence-electron chi connectivity index (χ1n) is 8.91. The number of aryl methyl sites for hydroxylation is 3. The molecule has 0 saturated carbocycles. The fourth-order valence-electron chi connectivity index (χ4n) is 3.40. The van der Waals surface area contributed by atoms with Gasteiger partial charge in [0.1, 0.15) is 5.76 Å². The molecule has 1 saturated heterocycles. The summed E-state index contributed by atoms with van der Waals surface area (Å²) in [5, 5.41) is 6.97. The molecule has 134 valence electrons. The van der Waals surface area contributed by atoms with Crippen LogP contribution < -0.4 is 5.32 Å². The van der Waals surface area contributed by atoms with E-state index in [1.807, 2.05) is 13.8 Å². The van der Waals surface area contributed by atoms with Crippen LogP contribution in [-0.2, 0) is 16.0 Å². The van der Waals surface area contributed by atoms with Crippen molar-refractivity contribution in [3.05, 3.63) is 52.4 Å². The summed E-state index contributed by atoms with van der Waals surface area (Å²) >= 11 is 0. The molecule has 0 bridgehead atoms. The fraction of sp³-hybridized carbons (Fsp3) is 0.500. The van der Waals surface area contributed by atoms with Crippen LogP contribution in [0.4, 0.5) is 0 Å². The monoisotopic (exact) mass is 342 g/mol. The maximum absolute atomic E-state index is 12.3. The molecule has 2 heterocycles. The lowest BCUT2D eigenvalue weighted by Gasteiger charge is -2.32. The average Bonchev–Trinajstić information content (AvgIpc) is 2.93. The van der Waals surface area contributed by atoms with Crippen LogP contribution in [0.1, 0.15) is 47.1 Å².